The number of imidazole rings is 1. The Bertz CT molecular complexity index is 949. The van der Waals surface area contributed by atoms with Crippen LogP contribution in [0.15, 0.2) is 52.0 Å². The summed E-state index contributed by atoms with van der Waals surface area (Å²) in [5.41, 5.74) is 5.10. The van der Waals surface area contributed by atoms with Gasteiger partial charge >= 0.3 is 0 Å². The number of hydrogen-bond acceptors (Lipinski definition) is 4. The summed E-state index contributed by atoms with van der Waals surface area (Å²) in [5.74, 6) is 1.24. The molecule has 7 heteroatoms. The van der Waals surface area contributed by atoms with Gasteiger partial charge in [-0.1, -0.05) is 28.1 Å². The number of carbonyl (C=O) groups excluding carboxylic acids is 1. The first-order chi connectivity index (χ1) is 12.1. The summed E-state index contributed by atoms with van der Waals surface area (Å²) in [5, 5.41) is 4.02. The van der Waals surface area contributed by atoms with Gasteiger partial charge in [0.15, 0.2) is 0 Å². The van der Waals surface area contributed by atoms with E-state index < -0.39 is 0 Å². The highest BCUT2D eigenvalue weighted by molar-refractivity contribution is 9.10. The zero-order valence-electron chi connectivity index (χ0n) is 13.9. The molecule has 0 atom stereocenters. The molecule has 2 aromatic carbocycles. The molecule has 6 nitrogen and oxygen atoms in total. The second-order valence-corrected chi connectivity index (χ2v) is 6.33. The number of fused-ring (bicyclic) bond motifs is 1. The molecule has 0 unspecified atom stereocenters. The lowest BCUT2D eigenvalue weighted by Gasteiger charge is -2.06. The molecule has 0 saturated carbocycles. The van der Waals surface area contributed by atoms with E-state index in [0.29, 0.717) is 5.75 Å². The van der Waals surface area contributed by atoms with E-state index in [0.717, 1.165) is 26.9 Å². The molecule has 3 aromatic rings. The van der Waals surface area contributed by atoms with E-state index in [1.807, 2.05) is 54.0 Å². The Kier molecular flexibility index (Phi) is 5.14. The molecule has 0 bridgehead atoms. The predicted molar refractivity (Wildman–Crippen MR) is 101 cm³/mol. The van der Waals surface area contributed by atoms with Gasteiger partial charge in [-0.2, -0.15) is 5.10 Å². The minimum Gasteiger partial charge on any atom is -0.496 e. The van der Waals surface area contributed by atoms with Gasteiger partial charge in [-0.25, -0.2) is 10.4 Å². The maximum Gasteiger partial charge on any atom is 0.260 e. The fourth-order valence-electron chi connectivity index (χ4n) is 2.55. The lowest BCUT2D eigenvalue weighted by molar-refractivity contribution is -0.121. The van der Waals surface area contributed by atoms with Crippen LogP contribution < -0.4 is 10.2 Å². The van der Waals surface area contributed by atoms with E-state index in [9.17, 15) is 4.79 Å². The first kappa shape index (κ1) is 17.2. The molecule has 128 valence electrons. The van der Waals surface area contributed by atoms with Crippen molar-refractivity contribution in [3.8, 4) is 5.75 Å². The zero-order valence-corrected chi connectivity index (χ0v) is 15.4. The largest absolute Gasteiger partial charge is 0.496 e. The average Bonchev–Trinajstić information content (AvgIpc) is 2.91. The van der Waals surface area contributed by atoms with Crippen LogP contribution in [0, 0.1) is 6.92 Å². The molecule has 1 amide bonds. The minimum absolute atomic E-state index is 0.152. The van der Waals surface area contributed by atoms with Crippen LogP contribution in [0.4, 0.5) is 0 Å². The molecule has 0 saturated heterocycles. The van der Waals surface area contributed by atoms with Gasteiger partial charge in [0.1, 0.15) is 18.1 Å². The Hall–Kier alpha value is -2.67. The SMILES string of the molecule is COc1ccc(Br)cc1C=NNC(=O)Cn1c(C)nc2ccccc21. The van der Waals surface area contributed by atoms with Crippen molar-refractivity contribution < 1.29 is 9.53 Å². The maximum atomic E-state index is 12.2. The number of ether oxygens (including phenoxy) is 1. The van der Waals surface area contributed by atoms with Crippen LogP contribution in [-0.2, 0) is 11.3 Å². The number of aryl methyl sites for hydroxylation is 1. The smallest absolute Gasteiger partial charge is 0.260 e. The van der Waals surface area contributed by atoms with Gasteiger partial charge in [-0.3, -0.25) is 4.79 Å². The second-order valence-electron chi connectivity index (χ2n) is 5.41. The number of carbonyl (C=O) groups is 1. The third-order valence-corrected chi connectivity index (χ3v) is 4.23. The van der Waals surface area contributed by atoms with Crippen LogP contribution in [0.3, 0.4) is 0 Å². The van der Waals surface area contributed by atoms with Crippen molar-refractivity contribution >= 4 is 39.1 Å². The molecule has 0 spiro atoms. The van der Waals surface area contributed by atoms with Gasteiger partial charge < -0.3 is 9.30 Å². The zero-order chi connectivity index (χ0) is 17.8. The normalized spacial score (nSPS) is 11.2. The quantitative estimate of drug-likeness (QED) is 0.527. The van der Waals surface area contributed by atoms with E-state index in [-0.39, 0.29) is 12.5 Å². The van der Waals surface area contributed by atoms with Crippen molar-refractivity contribution in [3.05, 3.63) is 58.3 Å². The molecular weight excluding hydrogens is 384 g/mol. The summed E-state index contributed by atoms with van der Waals surface area (Å²) in [4.78, 5) is 16.7. The van der Waals surface area contributed by atoms with E-state index >= 15 is 0 Å². The van der Waals surface area contributed by atoms with Crippen LogP contribution in [0.1, 0.15) is 11.4 Å². The van der Waals surface area contributed by atoms with Crippen LogP contribution in [-0.4, -0.2) is 28.8 Å². The Morgan fingerprint density at radius 1 is 1.36 bits per heavy atom. The second kappa shape index (κ2) is 7.48. The molecule has 0 aliphatic carbocycles. The van der Waals surface area contributed by atoms with Gasteiger partial charge in [-0.15, -0.1) is 0 Å². The number of aromatic nitrogens is 2. The monoisotopic (exact) mass is 400 g/mol. The molecule has 1 aromatic heterocycles. The number of methoxy groups -OCH3 is 1. The van der Waals surface area contributed by atoms with E-state index in [2.05, 4.69) is 31.4 Å². The first-order valence-electron chi connectivity index (χ1n) is 7.66. The van der Waals surface area contributed by atoms with Crippen molar-refractivity contribution in [2.45, 2.75) is 13.5 Å². The average molecular weight is 401 g/mol. The summed E-state index contributed by atoms with van der Waals surface area (Å²) in [6.07, 6.45) is 1.56. The highest BCUT2D eigenvalue weighted by Gasteiger charge is 2.10. The number of halogens is 1. The maximum absolute atomic E-state index is 12.2. The fraction of sp³-hybridized carbons (Fsp3) is 0.167. The van der Waals surface area contributed by atoms with Crippen molar-refractivity contribution in [2.75, 3.05) is 7.11 Å². The highest BCUT2D eigenvalue weighted by Crippen LogP contribution is 2.21. The molecule has 0 fully saturated rings. The fourth-order valence-corrected chi connectivity index (χ4v) is 2.93. The molecule has 0 radical (unpaired) electrons. The molecule has 0 aliphatic heterocycles. The van der Waals surface area contributed by atoms with E-state index in [1.165, 1.54) is 0 Å². The lowest BCUT2D eigenvalue weighted by atomic mass is 10.2. The van der Waals surface area contributed by atoms with Gasteiger partial charge in [0.25, 0.3) is 5.91 Å². The van der Waals surface area contributed by atoms with Crippen molar-refractivity contribution in [2.24, 2.45) is 5.10 Å². The number of amides is 1. The minimum atomic E-state index is -0.225. The number of para-hydroxylation sites is 2. The number of hydrogen-bond donors (Lipinski definition) is 1. The molecule has 1 N–H and O–H groups in total. The van der Waals surface area contributed by atoms with Crippen LogP contribution in [0.2, 0.25) is 0 Å². The number of nitrogens with zero attached hydrogens (tertiary/aromatic N) is 3. The summed E-state index contributed by atoms with van der Waals surface area (Å²) in [6, 6.07) is 13.3. The van der Waals surface area contributed by atoms with Crippen molar-refractivity contribution in [1.82, 2.24) is 15.0 Å². The number of hydrazone groups is 1. The van der Waals surface area contributed by atoms with Crippen molar-refractivity contribution in [1.29, 1.82) is 0 Å². The summed E-state index contributed by atoms with van der Waals surface area (Å²) in [6.45, 7) is 2.03. The predicted octanol–water partition coefficient (Wildman–Crippen LogP) is 3.27. The summed E-state index contributed by atoms with van der Waals surface area (Å²) >= 11 is 3.40. The number of benzene rings is 2. The third-order valence-electron chi connectivity index (χ3n) is 3.73. The van der Waals surface area contributed by atoms with Gasteiger partial charge in [0.05, 0.1) is 24.4 Å². The highest BCUT2D eigenvalue weighted by atomic mass is 79.9. The molecular formula is C18H17BrN4O2. The standard InChI is InChI=1S/C18H17BrN4O2/c1-12-21-15-5-3-4-6-16(15)23(12)11-18(24)22-20-10-13-9-14(19)7-8-17(13)25-2/h3-10H,11H2,1-2H3,(H,22,24). The van der Waals surface area contributed by atoms with Crippen molar-refractivity contribution in [3.63, 3.8) is 0 Å². The molecule has 3 rings (SSSR count). The van der Waals surface area contributed by atoms with E-state index in [4.69, 9.17) is 4.74 Å². The summed E-state index contributed by atoms with van der Waals surface area (Å²) in [7, 11) is 1.59. The molecule has 0 aliphatic rings. The lowest BCUT2D eigenvalue weighted by Crippen LogP contribution is -2.23. The third kappa shape index (κ3) is 3.88. The molecule has 25 heavy (non-hydrogen) atoms. The van der Waals surface area contributed by atoms with Crippen LogP contribution in [0.25, 0.3) is 11.0 Å². The molecule has 1 heterocycles. The van der Waals surface area contributed by atoms with E-state index in [1.54, 1.807) is 13.3 Å². The van der Waals surface area contributed by atoms with Crippen LogP contribution in [0.5, 0.6) is 5.75 Å². The number of nitrogens with one attached hydrogen (secondary N) is 1. The van der Waals surface area contributed by atoms with Gasteiger partial charge in [0, 0.05) is 10.0 Å². The Morgan fingerprint density at radius 3 is 2.96 bits per heavy atom. The Labute approximate surface area is 153 Å². The topological polar surface area (TPSA) is 68.5 Å². The Morgan fingerprint density at radius 2 is 2.16 bits per heavy atom. The van der Waals surface area contributed by atoms with Gasteiger partial charge in [-0.05, 0) is 37.3 Å². The summed E-state index contributed by atoms with van der Waals surface area (Å²) < 4.78 is 8.04. The Balaban J connectivity index is 1.71. The van der Waals surface area contributed by atoms with Gasteiger partial charge in [0.2, 0.25) is 0 Å². The first-order valence-corrected chi connectivity index (χ1v) is 8.45. The number of rotatable bonds is 5. The van der Waals surface area contributed by atoms with Crippen LogP contribution >= 0.6 is 15.9 Å².